The van der Waals surface area contributed by atoms with E-state index in [0.717, 1.165) is 11.1 Å². The summed E-state index contributed by atoms with van der Waals surface area (Å²) in [5, 5.41) is 21.5. The Morgan fingerprint density at radius 3 is 2.11 bits per heavy atom. The van der Waals surface area contributed by atoms with Gasteiger partial charge in [0.25, 0.3) is 0 Å². The first-order valence-corrected chi connectivity index (χ1v) is 12.1. The Morgan fingerprint density at radius 2 is 1.58 bits per heavy atom. The SMILES string of the molecule is CCn1cc([C@@H]2[C@H](C(=O)Nc3ccccc3C)C(=O)C[C@@](C)(O)[C@@H]2C(=O)Nc2ccccc2C)cn1. The number of hydrogen-bond acceptors (Lipinski definition) is 5. The lowest BCUT2D eigenvalue weighted by Gasteiger charge is -2.44. The fourth-order valence-corrected chi connectivity index (χ4v) is 5.06. The molecule has 1 aromatic heterocycles. The maximum atomic E-state index is 13.7. The normalized spacial score (nSPS) is 23.8. The highest BCUT2D eigenvalue weighted by Gasteiger charge is 2.56. The van der Waals surface area contributed by atoms with E-state index >= 15 is 0 Å². The second kappa shape index (κ2) is 10.1. The Labute approximate surface area is 210 Å². The molecule has 4 atom stereocenters. The van der Waals surface area contributed by atoms with E-state index in [4.69, 9.17) is 0 Å². The van der Waals surface area contributed by atoms with Gasteiger partial charge in [-0.2, -0.15) is 5.10 Å². The molecule has 0 bridgehead atoms. The van der Waals surface area contributed by atoms with Crippen LogP contribution < -0.4 is 10.6 Å². The highest BCUT2D eigenvalue weighted by atomic mass is 16.3. The van der Waals surface area contributed by atoms with E-state index in [1.165, 1.54) is 6.92 Å². The fraction of sp³-hybridized carbons (Fsp3) is 0.357. The summed E-state index contributed by atoms with van der Waals surface area (Å²) in [6.07, 6.45) is 3.00. The van der Waals surface area contributed by atoms with Gasteiger partial charge < -0.3 is 15.7 Å². The molecule has 1 aliphatic rings. The molecule has 8 nitrogen and oxygen atoms in total. The number of benzene rings is 2. The van der Waals surface area contributed by atoms with Gasteiger partial charge in [0.05, 0.1) is 17.7 Å². The van der Waals surface area contributed by atoms with Crippen LogP contribution in [0.5, 0.6) is 0 Å². The van der Waals surface area contributed by atoms with Crippen LogP contribution in [0.1, 0.15) is 42.9 Å². The third kappa shape index (κ3) is 4.95. The molecule has 0 saturated heterocycles. The molecule has 0 unspecified atom stereocenters. The Balaban J connectivity index is 1.77. The largest absolute Gasteiger partial charge is 0.389 e. The van der Waals surface area contributed by atoms with E-state index in [1.807, 2.05) is 51.1 Å². The number of carbonyl (C=O) groups is 3. The third-order valence-corrected chi connectivity index (χ3v) is 7.00. The number of aliphatic hydroxyl groups is 1. The van der Waals surface area contributed by atoms with Crippen molar-refractivity contribution in [3.8, 4) is 0 Å². The lowest BCUT2D eigenvalue weighted by atomic mass is 9.61. The summed E-state index contributed by atoms with van der Waals surface area (Å²) < 4.78 is 1.68. The van der Waals surface area contributed by atoms with Crippen molar-refractivity contribution in [1.29, 1.82) is 0 Å². The van der Waals surface area contributed by atoms with Gasteiger partial charge in [0.1, 0.15) is 11.7 Å². The first-order valence-electron chi connectivity index (χ1n) is 12.1. The van der Waals surface area contributed by atoms with Gasteiger partial charge in [0.2, 0.25) is 11.8 Å². The highest BCUT2D eigenvalue weighted by molar-refractivity contribution is 6.10. The van der Waals surface area contributed by atoms with Crippen LogP contribution in [0.15, 0.2) is 60.9 Å². The summed E-state index contributed by atoms with van der Waals surface area (Å²) in [5.41, 5.74) is 1.81. The van der Waals surface area contributed by atoms with Crippen LogP contribution in [0.3, 0.4) is 0 Å². The van der Waals surface area contributed by atoms with Crippen LogP contribution in [0, 0.1) is 25.7 Å². The number of hydrogen-bond donors (Lipinski definition) is 3. The van der Waals surface area contributed by atoms with Crippen LogP contribution in [-0.4, -0.2) is 38.1 Å². The van der Waals surface area contributed by atoms with Crippen LogP contribution in [0.2, 0.25) is 0 Å². The van der Waals surface area contributed by atoms with Crippen LogP contribution in [0.25, 0.3) is 0 Å². The number of carbonyl (C=O) groups excluding carboxylic acids is 3. The monoisotopic (exact) mass is 488 g/mol. The molecule has 2 amide bonds. The average Bonchev–Trinajstić information content (AvgIpc) is 3.30. The van der Waals surface area contributed by atoms with Crippen LogP contribution in [0.4, 0.5) is 11.4 Å². The Hall–Kier alpha value is -3.78. The molecule has 1 heterocycles. The molecule has 1 aliphatic carbocycles. The molecule has 3 aromatic rings. The second-order valence-electron chi connectivity index (χ2n) is 9.72. The molecule has 0 aliphatic heterocycles. The van der Waals surface area contributed by atoms with E-state index in [2.05, 4.69) is 15.7 Å². The van der Waals surface area contributed by atoms with E-state index < -0.39 is 41.0 Å². The topological polar surface area (TPSA) is 113 Å². The minimum Gasteiger partial charge on any atom is -0.389 e. The molecular weight excluding hydrogens is 456 g/mol. The summed E-state index contributed by atoms with van der Waals surface area (Å²) in [5.74, 6) is -4.53. The molecule has 3 N–H and O–H groups in total. The second-order valence-corrected chi connectivity index (χ2v) is 9.72. The number of aryl methyl sites for hydroxylation is 3. The van der Waals surface area contributed by atoms with Crippen molar-refractivity contribution in [2.24, 2.45) is 11.8 Å². The standard InChI is InChI=1S/C28H32N4O4/c1-5-32-16-19(15-29-32)23-24(26(34)30-20-12-8-6-10-17(20)2)22(33)14-28(4,36)25(23)27(35)31-21-13-9-7-11-18(21)3/h6-13,15-16,23-25,36H,5,14H2,1-4H3,(H,30,34)(H,31,35)/t23-,24-,25+,28-/m1/s1. The molecular formula is C28H32N4O4. The Kier molecular flexibility index (Phi) is 7.08. The van der Waals surface area contributed by atoms with Crippen molar-refractivity contribution < 1.29 is 19.5 Å². The molecule has 36 heavy (non-hydrogen) atoms. The molecule has 1 saturated carbocycles. The van der Waals surface area contributed by atoms with Crippen molar-refractivity contribution in [1.82, 2.24) is 9.78 Å². The lowest BCUT2D eigenvalue weighted by molar-refractivity contribution is -0.150. The van der Waals surface area contributed by atoms with E-state index in [0.29, 0.717) is 23.5 Å². The number of amides is 2. The van der Waals surface area contributed by atoms with E-state index in [1.54, 1.807) is 35.3 Å². The molecule has 188 valence electrons. The van der Waals surface area contributed by atoms with Crippen molar-refractivity contribution in [2.45, 2.75) is 52.2 Å². The summed E-state index contributed by atoms with van der Waals surface area (Å²) in [6.45, 7) is 7.73. The number of anilines is 2. The van der Waals surface area contributed by atoms with Gasteiger partial charge in [-0.05, 0) is 56.5 Å². The zero-order valence-corrected chi connectivity index (χ0v) is 21.0. The first kappa shape index (κ1) is 25.3. The third-order valence-electron chi connectivity index (χ3n) is 7.00. The van der Waals surface area contributed by atoms with Gasteiger partial charge in [-0.1, -0.05) is 36.4 Å². The minimum atomic E-state index is -1.66. The molecule has 0 spiro atoms. The summed E-state index contributed by atoms with van der Waals surface area (Å²) in [7, 11) is 0. The summed E-state index contributed by atoms with van der Waals surface area (Å²) >= 11 is 0. The van der Waals surface area contributed by atoms with Gasteiger partial charge in [-0.3, -0.25) is 19.1 Å². The minimum absolute atomic E-state index is 0.316. The predicted octanol–water partition coefficient (Wildman–Crippen LogP) is 3.84. The van der Waals surface area contributed by atoms with Crippen molar-refractivity contribution in [2.75, 3.05) is 10.6 Å². The number of nitrogens with zero attached hydrogens (tertiary/aromatic N) is 2. The molecule has 0 radical (unpaired) electrons. The van der Waals surface area contributed by atoms with Crippen LogP contribution in [-0.2, 0) is 20.9 Å². The van der Waals surface area contributed by atoms with Crippen molar-refractivity contribution >= 4 is 29.0 Å². The van der Waals surface area contributed by atoms with E-state index in [-0.39, 0.29) is 6.42 Å². The van der Waals surface area contributed by atoms with Crippen molar-refractivity contribution in [3.05, 3.63) is 77.6 Å². The number of aromatic nitrogens is 2. The fourth-order valence-electron chi connectivity index (χ4n) is 5.06. The summed E-state index contributed by atoms with van der Waals surface area (Å²) in [6, 6.07) is 14.6. The number of rotatable bonds is 6. The first-order chi connectivity index (χ1) is 17.1. The van der Waals surface area contributed by atoms with Gasteiger partial charge in [0.15, 0.2) is 0 Å². The average molecular weight is 489 g/mol. The molecule has 8 heteroatoms. The van der Waals surface area contributed by atoms with Gasteiger partial charge in [-0.25, -0.2) is 0 Å². The molecule has 4 rings (SSSR count). The van der Waals surface area contributed by atoms with Crippen LogP contribution >= 0.6 is 0 Å². The highest BCUT2D eigenvalue weighted by Crippen LogP contribution is 2.46. The number of para-hydroxylation sites is 2. The summed E-state index contributed by atoms with van der Waals surface area (Å²) in [4.78, 5) is 40.7. The lowest BCUT2D eigenvalue weighted by Crippen LogP contribution is -2.56. The van der Waals surface area contributed by atoms with Gasteiger partial charge in [0, 0.05) is 36.5 Å². The molecule has 2 aromatic carbocycles. The van der Waals surface area contributed by atoms with Gasteiger partial charge >= 0.3 is 0 Å². The number of nitrogens with one attached hydrogen (secondary N) is 2. The zero-order chi connectivity index (χ0) is 26.0. The smallest absolute Gasteiger partial charge is 0.235 e. The number of ketones is 1. The Bertz CT molecular complexity index is 1300. The quantitative estimate of drug-likeness (QED) is 0.457. The van der Waals surface area contributed by atoms with E-state index in [9.17, 15) is 19.5 Å². The maximum absolute atomic E-state index is 13.7. The molecule has 1 fully saturated rings. The number of Topliss-reactive ketones (excluding diaryl/α,β-unsaturated/α-hetero) is 1. The van der Waals surface area contributed by atoms with Crippen molar-refractivity contribution in [3.63, 3.8) is 0 Å². The zero-order valence-electron chi connectivity index (χ0n) is 21.0. The van der Waals surface area contributed by atoms with Gasteiger partial charge in [-0.15, -0.1) is 0 Å². The Morgan fingerprint density at radius 1 is 1.03 bits per heavy atom. The predicted molar refractivity (Wildman–Crippen MR) is 137 cm³/mol. The maximum Gasteiger partial charge on any atom is 0.235 e.